The predicted molar refractivity (Wildman–Crippen MR) is 112 cm³/mol. The van der Waals surface area contributed by atoms with Crippen LogP contribution in [0.3, 0.4) is 0 Å². The molecule has 2 aromatic heterocycles. The fourth-order valence-corrected chi connectivity index (χ4v) is 5.13. The zero-order valence-corrected chi connectivity index (χ0v) is 17.0. The monoisotopic (exact) mass is 428 g/mol. The van der Waals surface area contributed by atoms with E-state index in [-0.39, 0.29) is 5.54 Å². The Bertz CT molecular complexity index is 1280. The number of nitrogens with two attached hydrogens (primary N) is 1. The maximum atomic E-state index is 14.2. The van der Waals surface area contributed by atoms with Gasteiger partial charge in [-0.2, -0.15) is 4.98 Å². The number of halogens is 1. The number of nitrogens with zero attached hydrogens (tertiary/aromatic N) is 4. The quantitative estimate of drug-likeness (QED) is 0.665. The average Bonchev–Trinajstić information content (AvgIpc) is 3.07. The van der Waals surface area contributed by atoms with Crippen LogP contribution < -0.4 is 10.5 Å². The van der Waals surface area contributed by atoms with Crippen molar-refractivity contribution in [1.82, 2.24) is 14.5 Å². The Morgan fingerprint density at radius 2 is 1.97 bits per heavy atom. The third kappa shape index (κ3) is 3.16. The van der Waals surface area contributed by atoms with Gasteiger partial charge in [0, 0.05) is 29.2 Å². The van der Waals surface area contributed by atoms with Crippen LogP contribution in [-0.2, 0) is 22.1 Å². The molecule has 3 N–H and O–H groups in total. The van der Waals surface area contributed by atoms with Gasteiger partial charge >= 0.3 is 0 Å². The van der Waals surface area contributed by atoms with Crippen molar-refractivity contribution in [2.24, 2.45) is 10.1 Å². The molecule has 0 radical (unpaired) electrons. The van der Waals surface area contributed by atoms with E-state index in [1.165, 1.54) is 12.5 Å². The molecule has 3 aromatic rings. The highest BCUT2D eigenvalue weighted by molar-refractivity contribution is 7.89. The molecule has 1 aliphatic carbocycles. The van der Waals surface area contributed by atoms with Crippen molar-refractivity contribution in [2.45, 2.75) is 49.1 Å². The number of hydrogen-bond donors (Lipinski definition) is 2. The number of aromatic nitrogens is 3. The van der Waals surface area contributed by atoms with Crippen LogP contribution in [0.15, 0.2) is 40.4 Å². The second kappa shape index (κ2) is 6.85. The van der Waals surface area contributed by atoms with Crippen molar-refractivity contribution >= 4 is 38.9 Å². The van der Waals surface area contributed by atoms with Crippen LogP contribution in [-0.4, -0.2) is 29.2 Å². The Morgan fingerprint density at radius 1 is 1.17 bits per heavy atom. The molecule has 30 heavy (non-hydrogen) atoms. The maximum absolute atomic E-state index is 14.2. The molecule has 0 atom stereocenters. The third-order valence-electron chi connectivity index (χ3n) is 5.86. The van der Waals surface area contributed by atoms with Crippen molar-refractivity contribution < 1.29 is 12.8 Å². The number of primary sulfonamides is 1. The molecule has 0 bridgehead atoms. The summed E-state index contributed by atoms with van der Waals surface area (Å²) in [5.41, 5.74) is 2.11. The molecule has 0 unspecified atom stereocenters. The number of hydrogen-bond acceptors (Lipinski definition) is 6. The SMILES string of the molecule is NS(=O)(=O)c1ccc(Nc2ncc3cc4n(c3n2)C2(C=NC4)CCCCC2)cc1F. The summed E-state index contributed by atoms with van der Waals surface area (Å²) in [4.78, 5) is 13.1. The molecule has 1 fully saturated rings. The first kappa shape index (κ1) is 19.1. The molecule has 156 valence electrons. The van der Waals surface area contributed by atoms with E-state index in [9.17, 15) is 12.8 Å². The van der Waals surface area contributed by atoms with Gasteiger partial charge in [0.25, 0.3) is 0 Å². The van der Waals surface area contributed by atoms with Crippen LogP contribution in [0, 0.1) is 5.82 Å². The van der Waals surface area contributed by atoms with Crippen LogP contribution in [0.1, 0.15) is 37.8 Å². The first-order valence-corrected chi connectivity index (χ1v) is 11.4. The molecule has 5 rings (SSSR count). The molecule has 8 nitrogen and oxygen atoms in total. The average molecular weight is 428 g/mol. The minimum absolute atomic E-state index is 0.150. The molecule has 3 heterocycles. The topological polar surface area (TPSA) is 115 Å². The second-order valence-electron chi connectivity index (χ2n) is 7.89. The zero-order chi connectivity index (χ0) is 20.9. The van der Waals surface area contributed by atoms with Gasteiger partial charge in [-0.1, -0.05) is 19.3 Å². The van der Waals surface area contributed by atoms with E-state index in [4.69, 9.17) is 10.1 Å². The van der Waals surface area contributed by atoms with E-state index in [2.05, 4.69) is 32.1 Å². The van der Waals surface area contributed by atoms with Gasteiger partial charge in [0.2, 0.25) is 16.0 Å². The van der Waals surface area contributed by atoms with Crippen LogP contribution in [0.4, 0.5) is 16.0 Å². The van der Waals surface area contributed by atoms with E-state index in [0.717, 1.165) is 54.5 Å². The number of anilines is 2. The summed E-state index contributed by atoms with van der Waals surface area (Å²) in [7, 11) is -4.12. The summed E-state index contributed by atoms with van der Waals surface area (Å²) >= 11 is 0. The molecule has 0 amide bonds. The molecular formula is C20H21FN6O2S. The highest BCUT2D eigenvalue weighted by Crippen LogP contribution is 2.39. The largest absolute Gasteiger partial charge is 0.324 e. The van der Waals surface area contributed by atoms with Gasteiger partial charge in [0.05, 0.1) is 12.1 Å². The summed E-state index contributed by atoms with van der Waals surface area (Å²) in [6, 6.07) is 5.69. The van der Waals surface area contributed by atoms with Crippen molar-refractivity contribution in [3.8, 4) is 0 Å². The molecule has 1 aromatic carbocycles. The number of rotatable bonds is 3. The number of nitrogens with one attached hydrogen (secondary N) is 1. The van der Waals surface area contributed by atoms with Crippen molar-refractivity contribution in [3.05, 3.63) is 42.0 Å². The van der Waals surface area contributed by atoms with E-state index >= 15 is 0 Å². The van der Waals surface area contributed by atoms with E-state index in [1.54, 1.807) is 6.20 Å². The molecule has 2 aliphatic rings. The lowest BCUT2D eigenvalue weighted by molar-refractivity contribution is 0.282. The van der Waals surface area contributed by atoms with Crippen molar-refractivity contribution in [2.75, 3.05) is 5.32 Å². The fourth-order valence-electron chi connectivity index (χ4n) is 4.54. The Kier molecular flexibility index (Phi) is 4.37. The smallest absolute Gasteiger partial charge is 0.240 e. The first-order chi connectivity index (χ1) is 14.4. The number of aliphatic imine (C=N–C) groups is 1. The number of benzene rings is 1. The van der Waals surface area contributed by atoms with E-state index in [1.807, 2.05) is 0 Å². The first-order valence-electron chi connectivity index (χ1n) is 9.84. The highest BCUT2D eigenvalue weighted by Gasteiger charge is 2.37. The Labute approximate surface area is 173 Å². The molecule has 1 aliphatic heterocycles. The Hall–Kier alpha value is -2.85. The zero-order valence-electron chi connectivity index (χ0n) is 16.2. The third-order valence-corrected chi connectivity index (χ3v) is 6.81. The summed E-state index contributed by atoms with van der Waals surface area (Å²) in [5.74, 6) is -0.624. The van der Waals surface area contributed by atoms with Crippen LogP contribution in [0.5, 0.6) is 0 Å². The summed E-state index contributed by atoms with van der Waals surface area (Å²) in [5, 5.41) is 8.91. The van der Waals surface area contributed by atoms with Gasteiger partial charge in [0.15, 0.2) is 0 Å². The second-order valence-corrected chi connectivity index (χ2v) is 9.42. The van der Waals surface area contributed by atoms with E-state index < -0.39 is 20.7 Å². The lowest BCUT2D eigenvalue weighted by atomic mass is 9.81. The summed E-state index contributed by atoms with van der Waals surface area (Å²) in [6.45, 7) is 0.612. The summed E-state index contributed by atoms with van der Waals surface area (Å²) in [6.07, 6.45) is 9.40. The van der Waals surface area contributed by atoms with Crippen LogP contribution >= 0.6 is 0 Å². The molecule has 10 heteroatoms. The van der Waals surface area contributed by atoms with E-state index in [0.29, 0.717) is 18.2 Å². The van der Waals surface area contributed by atoms with Crippen LogP contribution in [0.2, 0.25) is 0 Å². The molecule has 1 saturated carbocycles. The molecule has 0 saturated heterocycles. The standard InChI is InChI=1S/C20H21FN6O2S/c21-16-9-14(4-5-17(16)30(22,28)29)25-19-24-10-13-8-15-11-23-12-20(6-2-1-3-7-20)27(15)18(13)26-19/h4-5,8-10,12H,1-3,6-7,11H2,(H2,22,28,29)(H,24,25,26). The van der Waals surface area contributed by atoms with Crippen molar-refractivity contribution in [1.29, 1.82) is 0 Å². The number of fused-ring (bicyclic) bond motifs is 4. The van der Waals surface area contributed by atoms with Gasteiger partial charge in [-0.25, -0.2) is 22.9 Å². The van der Waals surface area contributed by atoms with Gasteiger partial charge < -0.3 is 9.88 Å². The van der Waals surface area contributed by atoms with Crippen LogP contribution in [0.25, 0.3) is 11.0 Å². The Morgan fingerprint density at radius 3 is 2.70 bits per heavy atom. The van der Waals surface area contributed by atoms with Crippen molar-refractivity contribution in [3.63, 3.8) is 0 Å². The van der Waals surface area contributed by atoms with Gasteiger partial charge in [-0.15, -0.1) is 0 Å². The Balaban J connectivity index is 1.54. The van der Waals surface area contributed by atoms with Gasteiger partial charge in [-0.3, -0.25) is 4.99 Å². The fraction of sp³-hybridized carbons (Fsp3) is 0.350. The van der Waals surface area contributed by atoms with Gasteiger partial charge in [0.1, 0.15) is 16.4 Å². The maximum Gasteiger partial charge on any atom is 0.240 e. The highest BCUT2D eigenvalue weighted by atomic mass is 32.2. The minimum atomic E-state index is -4.12. The molecule has 1 spiro atoms. The minimum Gasteiger partial charge on any atom is -0.324 e. The predicted octanol–water partition coefficient (Wildman–Crippen LogP) is 3.21. The number of sulfonamides is 1. The lowest BCUT2D eigenvalue weighted by Crippen LogP contribution is -2.40. The lowest BCUT2D eigenvalue weighted by Gasteiger charge is -2.39. The van der Waals surface area contributed by atoms with Gasteiger partial charge in [-0.05, 0) is 37.1 Å². The molecular weight excluding hydrogens is 407 g/mol. The summed E-state index contributed by atoms with van der Waals surface area (Å²) < 4.78 is 39.2. The normalized spacial score (nSPS) is 17.9.